The van der Waals surface area contributed by atoms with Crippen molar-refractivity contribution < 1.29 is 9.90 Å². The maximum atomic E-state index is 11.2. The number of aromatic carboxylic acids is 1. The third kappa shape index (κ3) is 3.67. The third-order valence-corrected chi connectivity index (χ3v) is 4.43. The molecule has 2 rings (SSSR count). The number of thioether (sulfide) groups is 1. The van der Waals surface area contributed by atoms with Gasteiger partial charge in [-0.05, 0) is 44.0 Å². The summed E-state index contributed by atoms with van der Waals surface area (Å²) in [5.41, 5.74) is 3.44. The number of benzene rings is 1. The standard InChI is InChI=1S/C16H20N2O2S/c1-4-12-8-13(18(5-2)17-12)10-21-14-7-6-11(3)15(9-14)16(19)20/h6-9H,4-5,10H2,1-3H3,(H,19,20). The Balaban J connectivity index is 2.14. The molecule has 0 amide bonds. The summed E-state index contributed by atoms with van der Waals surface area (Å²) in [5.74, 6) is -0.0787. The average molecular weight is 304 g/mol. The number of aryl methyl sites for hydroxylation is 3. The third-order valence-electron chi connectivity index (χ3n) is 3.40. The van der Waals surface area contributed by atoms with E-state index in [4.69, 9.17) is 5.11 Å². The molecule has 112 valence electrons. The van der Waals surface area contributed by atoms with E-state index in [1.54, 1.807) is 17.8 Å². The van der Waals surface area contributed by atoms with Crippen molar-refractivity contribution in [3.8, 4) is 0 Å². The van der Waals surface area contributed by atoms with Gasteiger partial charge in [-0.1, -0.05) is 13.0 Å². The van der Waals surface area contributed by atoms with Crippen molar-refractivity contribution in [1.82, 2.24) is 9.78 Å². The molecule has 0 bridgehead atoms. The van der Waals surface area contributed by atoms with Gasteiger partial charge in [0.1, 0.15) is 0 Å². The van der Waals surface area contributed by atoms with Crippen LogP contribution >= 0.6 is 11.8 Å². The van der Waals surface area contributed by atoms with Gasteiger partial charge in [-0.15, -0.1) is 11.8 Å². The number of aromatic nitrogens is 2. The highest BCUT2D eigenvalue weighted by molar-refractivity contribution is 7.98. The molecule has 0 aliphatic heterocycles. The van der Waals surface area contributed by atoms with E-state index in [-0.39, 0.29) is 0 Å². The fraction of sp³-hybridized carbons (Fsp3) is 0.375. The number of carboxylic acid groups (broad SMARTS) is 1. The Kier molecular flexibility index (Phi) is 5.07. The van der Waals surface area contributed by atoms with Crippen LogP contribution < -0.4 is 0 Å². The minimum atomic E-state index is -0.873. The molecule has 1 N–H and O–H groups in total. The van der Waals surface area contributed by atoms with Crippen molar-refractivity contribution in [2.45, 2.75) is 44.4 Å². The van der Waals surface area contributed by atoms with Gasteiger partial charge in [-0.2, -0.15) is 5.10 Å². The molecule has 0 atom stereocenters. The largest absolute Gasteiger partial charge is 0.478 e. The van der Waals surface area contributed by atoms with Crippen molar-refractivity contribution in [1.29, 1.82) is 0 Å². The molecule has 0 saturated heterocycles. The normalized spacial score (nSPS) is 10.8. The maximum Gasteiger partial charge on any atom is 0.335 e. The Morgan fingerprint density at radius 2 is 2.10 bits per heavy atom. The lowest BCUT2D eigenvalue weighted by atomic mass is 10.1. The fourth-order valence-electron chi connectivity index (χ4n) is 2.16. The van der Waals surface area contributed by atoms with Gasteiger partial charge in [0.05, 0.1) is 11.3 Å². The van der Waals surface area contributed by atoms with Crippen LogP contribution in [0.5, 0.6) is 0 Å². The molecule has 21 heavy (non-hydrogen) atoms. The predicted molar refractivity (Wildman–Crippen MR) is 85.0 cm³/mol. The first kappa shape index (κ1) is 15.6. The zero-order valence-electron chi connectivity index (χ0n) is 12.6. The topological polar surface area (TPSA) is 55.1 Å². The smallest absolute Gasteiger partial charge is 0.335 e. The molecule has 0 saturated carbocycles. The Hall–Kier alpha value is -1.75. The van der Waals surface area contributed by atoms with E-state index in [0.717, 1.165) is 34.9 Å². The molecule has 0 aliphatic rings. The van der Waals surface area contributed by atoms with Crippen LogP contribution in [0, 0.1) is 6.92 Å². The monoisotopic (exact) mass is 304 g/mol. The summed E-state index contributed by atoms with van der Waals surface area (Å²) in [7, 11) is 0. The van der Waals surface area contributed by atoms with Crippen molar-refractivity contribution in [2.24, 2.45) is 0 Å². The zero-order valence-corrected chi connectivity index (χ0v) is 13.4. The number of rotatable bonds is 6. The summed E-state index contributed by atoms with van der Waals surface area (Å²) < 4.78 is 2.01. The van der Waals surface area contributed by atoms with Crippen molar-refractivity contribution >= 4 is 17.7 Å². The number of nitrogens with zero attached hydrogens (tertiary/aromatic N) is 2. The lowest BCUT2D eigenvalue weighted by Gasteiger charge is -2.07. The second-order valence-corrected chi connectivity index (χ2v) is 5.92. The molecule has 0 unspecified atom stereocenters. The first-order valence-corrected chi connectivity index (χ1v) is 8.06. The molecule has 1 heterocycles. The van der Waals surface area contributed by atoms with Gasteiger partial charge in [-0.25, -0.2) is 4.79 Å². The second-order valence-electron chi connectivity index (χ2n) is 4.87. The fourth-order valence-corrected chi connectivity index (χ4v) is 3.07. The van der Waals surface area contributed by atoms with E-state index >= 15 is 0 Å². The first-order chi connectivity index (χ1) is 10.0. The molecule has 1 aromatic heterocycles. The molecule has 0 spiro atoms. The minimum absolute atomic E-state index is 0.373. The van der Waals surface area contributed by atoms with Gasteiger partial charge in [0.2, 0.25) is 0 Å². The number of carbonyl (C=O) groups is 1. The summed E-state index contributed by atoms with van der Waals surface area (Å²) in [4.78, 5) is 12.1. The SMILES string of the molecule is CCc1cc(CSc2ccc(C)c(C(=O)O)c2)n(CC)n1. The van der Waals surface area contributed by atoms with E-state index in [2.05, 4.69) is 25.0 Å². The molecular formula is C16H20N2O2S. The van der Waals surface area contributed by atoms with Gasteiger partial charge >= 0.3 is 5.97 Å². The predicted octanol–water partition coefficient (Wildman–Crippen LogP) is 3.76. The van der Waals surface area contributed by atoms with Gasteiger partial charge in [0, 0.05) is 22.9 Å². The van der Waals surface area contributed by atoms with Crippen molar-refractivity contribution in [2.75, 3.05) is 0 Å². The lowest BCUT2D eigenvalue weighted by molar-refractivity contribution is 0.0696. The van der Waals surface area contributed by atoms with Crippen LogP contribution in [0.2, 0.25) is 0 Å². The van der Waals surface area contributed by atoms with E-state index in [9.17, 15) is 4.79 Å². The van der Waals surface area contributed by atoms with Crippen LogP contribution in [0.25, 0.3) is 0 Å². The van der Waals surface area contributed by atoms with Gasteiger partial charge in [0.15, 0.2) is 0 Å². The van der Waals surface area contributed by atoms with Crippen LogP contribution in [0.4, 0.5) is 0 Å². The molecular weight excluding hydrogens is 284 g/mol. The zero-order chi connectivity index (χ0) is 15.4. The van der Waals surface area contributed by atoms with Gasteiger partial charge in [0.25, 0.3) is 0 Å². The Morgan fingerprint density at radius 1 is 1.33 bits per heavy atom. The lowest BCUT2D eigenvalue weighted by Crippen LogP contribution is -2.02. The Labute approximate surface area is 129 Å². The number of hydrogen-bond donors (Lipinski definition) is 1. The van der Waals surface area contributed by atoms with E-state index < -0.39 is 5.97 Å². The Morgan fingerprint density at radius 3 is 2.71 bits per heavy atom. The molecule has 2 aromatic rings. The van der Waals surface area contributed by atoms with Gasteiger partial charge in [-0.3, -0.25) is 4.68 Å². The molecule has 1 aromatic carbocycles. The number of hydrogen-bond acceptors (Lipinski definition) is 3. The highest BCUT2D eigenvalue weighted by atomic mass is 32.2. The van der Waals surface area contributed by atoms with Crippen molar-refractivity contribution in [3.63, 3.8) is 0 Å². The van der Waals surface area contributed by atoms with Crippen LogP contribution in [0.3, 0.4) is 0 Å². The highest BCUT2D eigenvalue weighted by Gasteiger charge is 2.10. The summed E-state index contributed by atoms with van der Waals surface area (Å²) in [6, 6.07) is 7.71. The van der Waals surface area contributed by atoms with Crippen LogP contribution in [-0.2, 0) is 18.7 Å². The highest BCUT2D eigenvalue weighted by Crippen LogP contribution is 2.25. The van der Waals surface area contributed by atoms with Crippen molar-refractivity contribution in [3.05, 3.63) is 46.8 Å². The second kappa shape index (κ2) is 6.80. The average Bonchev–Trinajstić information content (AvgIpc) is 2.88. The first-order valence-electron chi connectivity index (χ1n) is 7.07. The van der Waals surface area contributed by atoms with Crippen LogP contribution in [-0.4, -0.2) is 20.9 Å². The van der Waals surface area contributed by atoms with E-state index in [1.807, 2.05) is 23.7 Å². The molecule has 4 nitrogen and oxygen atoms in total. The van der Waals surface area contributed by atoms with E-state index in [0.29, 0.717) is 5.56 Å². The molecule has 5 heteroatoms. The van der Waals surface area contributed by atoms with Crippen LogP contribution in [0.15, 0.2) is 29.2 Å². The molecule has 0 fully saturated rings. The van der Waals surface area contributed by atoms with Crippen LogP contribution in [0.1, 0.15) is 41.2 Å². The Bertz CT molecular complexity index is 650. The quantitative estimate of drug-likeness (QED) is 0.826. The van der Waals surface area contributed by atoms with E-state index in [1.165, 1.54) is 5.69 Å². The summed E-state index contributed by atoms with van der Waals surface area (Å²) >= 11 is 1.64. The van der Waals surface area contributed by atoms with Gasteiger partial charge < -0.3 is 5.11 Å². The summed E-state index contributed by atoms with van der Waals surface area (Å²) in [5, 5.41) is 13.7. The minimum Gasteiger partial charge on any atom is -0.478 e. The summed E-state index contributed by atoms with van der Waals surface area (Å²) in [6.07, 6.45) is 0.929. The maximum absolute atomic E-state index is 11.2. The summed E-state index contributed by atoms with van der Waals surface area (Å²) in [6.45, 7) is 6.84. The number of carboxylic acids is 1. The molecule has 0 aliphatic carbocycles. The molecule has 0 radical (unpaired) electrons.